The van der Waals surface area contributed by atoms with E-state index in [0.717, 1.165) is 0 Å². The lowest BCUT2D eigenvalue weighted by molar-refractivity contribution is 0.104. The second kappa shape index (κ2) is 3.64. The second-order valence-corrected chi connectivity index (χ2v) is 4.53. The molecule has 0 spiro atoms. The van der Waals surface area contributed by atoms with Gasteiger partial charge in [-0.3, -0.25) is 8.93 Å². The summed E-state index contributed by atoms with van der Waals surface area (Å²) in [4.78, 5) is 0. The van der Waals surface area contributed by atoms with Crippen LogP contribution in [0.15, 0.2) is 5.10 Å². The molecule has 0 N–H and O–H groups in total. The smallest absolute Gasteiger partial charge is 0.132 e. The molecule has 1 aliphatic rings. The summed E-state index contributed by atoms with van der Waals surface area (Å²) in [6.45, 7) is 8.70. The van der Waals surface area contributed by atoms with E-state index in [1.807, 2.05) is 10.3 Å². The normalized spacial score (nSPS) is 23.4. The van der Waals surface area contributed by atoms with Crippen molar-refractivity contribution in [1.82, 2.24) is 8.93 Å². The first kappa shape index (κ1) is 9.84. The maximum Gasteiger partial charge on any atom is 0.132 e. The first-order chi connectivity index (χ1) is 5.54. The Kier molecular flexibility index (Phi) is 2.99. The van der Waals surface area contributed by atoms with Crippen molar-refractivity contribution in [3.05, 3.63) is 0 Å². The van der Waals surface area contributed by atoms with Gasteiger partial charge in [-0.15, -0.1) is 0 Å². The lowest BCUT2D eigenvalue weighted by Crippen LogP contribution is -2.42. The maximum absolute atomic E-state index is 4.31. The molecular weight excluding hydrogens is 218 g/mol. The molecule has 1 aliphatic heterocycles. The van der Waals surface area contributed by atoms with E-state index >= 15 is 0 Å². The van der Waals surface area contributed by atoms with Crippen molar-refractivity contribution in [3.8, 4) is 0 Å². The minimum absolute atomic E-state index is 0.352. The fourth-order valence-corrected chi connectivity index (χ4v) is 2.13. The number of hydrogen-bond acceptors (Lipinski definition) is 3. The largest absolute Gasteiger partial charge is 0.274 e. The number of hydrogen-bond donors (Lipinski definition) is 0. The van der Waals surface area contributed by atoms with Gasteiger partial charge in [0.2, 0.25) is 0 Å². The highest BCUT2D eigenvalue weighted by molar-refractivity contribution is 9.07. The highest BCUT2D eigenvalue weighted by Gasteiger charge is 2.30. The summed E-state index contributed by atoms with van der Waals surface area (Å²) < 4.78 is 1.98. The summed E-state index contributed by atoms with van der Waals surface area (Å²) in [6, 6.07) is 0.455. The first-order valence-electron chi connectivity index (χ1n) is 4.30. The molecular formula is C8H16BrN3. The zero-order valence-corrected chi connectivity index (χ0v) is 9.62. The molecule has 0 radical (unpaired) electrons. The van der Waals surface area contributed by atoms with Crippen molar-refractivity contribution >= 4 is 22.5 Å². The van der Waals surface area contributed by atoms with Gasteiger partial charge >= 0.3 is 0 Å². The Labute approximate surface area is 82.8 Å². The average Bonchev–Trinajstić information content (AvgIpc) is 2.30. The van der Waals surface area contributed by atoms with Crippen LogP contribution in [0.1, 0.15) is 27.7 Å². The molecule has 1 atom stereocenters. The van der Waals surface area contributed by atoms with Crippen molar-refractivity contribution in [1.29, 1.82) is 0 Å². The minimum Gasteiger partial charge on any atom is -0.274 e. The topological polar surface area (TPSA) is 18.8 Å². The number of rotatable bonds is 2. The Morgan fingerprint density at radius 2 is 1.92 bits per heavy atom. The third-order valence-corrected chi connectivity index (χ3v) is 2.55. The van der Waals surface area contributed by atoms with Crippen LogP contribution in [0.5, 0.6) is 0 Å². The summed E-state index contributed by atoms with van der Waals surface area (Å²) in [5.74, 6) is 0.564. The molecule has 1 heterocycles. The van der Waals surface area contributed by atoms with E-state index in [2.05, 4.69) is 54.0 Å². The second-order valence-electron chi connectivity index (χ2n) is 3.71. The number of halogens is 1. The van der Waals surface area contributed by atoms with Gasteiger partial charge in [0, 0.05) is 6.04 Å². The molecule has 0 aliphatic carbocycles. The van der Waals surface area contributed by atoms with Crippen LogP contribution in [0.3, 0.4) is 0 Å². The molecule has 0 aromatic heterocycles. The van der Waals surface area contributed by atoms with Crippen LogP contribution in [0, 0.1) is 5.92 Å². The van der Waals surface area contributed by atoms with Crippen LogP contribution in [-0.4, -0.2) is 27.5 Å². The van der Waals surface area contributed by atoms with Gasteiger partial charge in [-0.1, -0.05) is 13.8 Å². The Balaban J connectivity index is 2.69. The standard InChI is InChI=1S/C8H16BrN3/c1-6(2)8-11(9)5-10-12(8)7(3)4/h5-8H,1-4H3. The Morgan fingerprint density at radius 1 is 1.33 bits per heavy atom. The SMILES string of the molecule is CC(C)C1N(Br)C=NN1C(C)C. The summed E-state index contributed by atoms with van der Waals surface area (Å²) in [7, 11) is 0. The number of nitrogens with zero attached hydrogens (tertiary/aromatic N) is 3. The third-order valence-electron chi connectivity index (χ3n) is 1.94. The molecule has 1 unspecified atom stereocenters. The van der Waals surface area contributed by atoms with E-state index in [0.29, 0.717) is 18.1 Å². The zero-order chi connectivity index (χ0) is 9.30. The molecule has 70 valence electrons. The van der Waals surface area contributed by atoms with E-state index in [4.69, 9.17) is 0 Å². The zero-order valence-electron chi connectivity index (χ0n) is 8.03. The van der Waals surface area contributed by atoms with E-state index in [9.17, 15) is 0 Å². The van der Waals surface area contributed by atoms with Crippen molar-refractivity contribution in [2.24, 2.45) is 11.0 Å². The molecule has 3 nitrogen and oxygen atoms in total. The Hall–Kier alpha value is -0.250. The monoisotopic (exact) mass is 233 g/mol. The van der Waals surface area contributed by atoms with Crippen LogP contribution in [0.4, 0.5) is 0 Å². The van der Waals surface area contributed by atoms with Crippen molar-refractivity contribution < 1.29 is 0 Å². The maximum atomic E-state index is 4.31. The Morgan fingerprint density at radius 3 is 2.25 bits per heavy atom. The highest BCUT2D eigenvalue weighted by atomic mass is 79.9. The van der Waals surface area contributed by atoms with E-state index in [-0.39, 0.29) is 0 Å². The van der Waals surface area contributed by atoms with Gasteiger partial charge in [-0.05, 0) is 19.8 Å². The summed E-state index contributed by atoms with van der Waals surface area (Å²) in [6.07, 6.45) is 2.18. The molecule has 4 heteroatoms. The molecule has 0 aromatic carbocycles. The summed E-state index contributed by atoms with van der Waals surface area (Å²) in [5, 5.41) is 6.42. The van der Waals surface area contributed by atoms with Crippen LogP contribution >= 0.6 is 16.1 Å². The van der Waals surface area contributed by atoms with E-state index in [1.54, 1.807) is 0 Å². The number of hydrazone groups is 1. The molecule has 0 aromatic rings. The summed E-state index contributed by atoms with van der Waals surface area (Å²) in [5.41, 5.74) is 0. The van der Waals surface area contributed by atoms with Gasteiger partial charge < -0.3 is 0 Å². The van der Waals surface area contributed by atoms with Crippen molar-refractivity contribution in [2.45, 2.75) is 39.9 Å². The van der Waals surface area contributed by atoms with E-state index in [1.165, 1.54) is 0 Å². The minimum atomic E-state index is 0.352. The van der Waals surface area contributed by atoms with Crippen LogP contribution in [-0.2, 0) is 0 Å². The molecule has 0 saturated carbocycles. The van der Waals surface area contributed by atoms with Gasteiger partial charge in [0.1, 0.15) is 12.5 Å². The van der Waals surface area contributed by atoms with Crippen molar-refractivity contribution in [2.75, 3.05) is 0 Å². The first-order valence-corrected chi connectivity index (χ1v) is 5.01. The van der Waals surface area contributed by atoms with Crippen LogP contribution < -0.4 is 0 Å². The van der Waals surface area contributed by atoms with Crippen molar-refractivity contribution in [3.63, 3.8) is 0 Å². The van der Waals surface area contributed by atoms with Gasteiger partial charge in [-0.2, -0.15) is 5.10 Å². The molecule has 0 fully saturated rings. The molecule has 12 heavy (non-hydrogen) atoms. The Bertz CT molecular complexity index is 179. The fourth-order valence-electron chi connectivity index (χ4n) is 1.39. The lowest BCUT2D eigenvalue weighted by Gasteiger charge is -2.32. The third kappa shape index (κ3) is 1.73. The van der Waals surface area contributed by atoms with E-state index < -0.39 is 0 Å². The average molecular weight is 234 g/mol. The van der Waals surface area contributed by atoms with Crippen LogP contribution in [0.2, 0.25) is 0 Å². The molecule has 0 bridgehead atoms. The predicted octanol–water partition coefficient (Wildman–Crippen LogP) is 2.25. The van der Waals surface area contributed by atoms with Gasteiger partial charge in [0.05, 0.1) is 16.1 Å². The predicted molar refractivity (Wildman–Crippen MR) is 54.9 cm³/mol. The molecule has 0 saturated heterocycles. The molecule has 1 rings (SSSR count). The molecule has 0 amide bonds. The summed E-state index contributed by atoms with van der Waals surface area (Å²) >= 11 is 3.46. The van der Waals surface area contributed by atoms with Gasteiger partial charge in [0.25, 0.3) is 0 Å². The lowest BCUT2D eigenvalue weighted by atomic mass is 10.1. The van der Waals surface area contributed by atoms with Gasteiger partial charge in [0.15, 0.2) is 0 Å². The highest BCUT2D eigenvalue weighted by Crippen LogP contribution is 2.24. The van der Waals surface area contributed by atoms with Gasteiger partial charge in [-0.25, -0.2) is 0 Å². The fraction of sp³-hybridized carbons (Fsp3) is 0.875. The quantitative estimate of drug-likeness (QED) is 0.682. The van der Waals surface area contributed by atoms with Crippen LogP contribution in [0.25, 0.3) is 0 Å².